The molecular formula is C27H27ClN2O4S. The summed E-state index contributed by atoms with van der Waals surface area (Å²) >= 11 is 6.19. The highest BCUT2D eigenvalue weighted by Gasteiger charge is 2.50. The zero-order valence-electron chi connectivity index (χ0n) is 19.3. The fourth-order valence-corrected chi connectivity index (χ4v) is 7.08. The molecule has 182 valence electrons. The quantitative estimate of drug-likeness (QED) is 0.449. The number of carbonyl (C=O) groups is 1. The molecule has 6 nitrogen and oxygen atoms in total. The second-order valence-corrected chi connectivity index (χ2v) is 11.5. The fourth-order valence-electron chi connectivity index (χ4n) is 5.02. The summed E-state index contributed by atoms with van der Waals surface area (Å²) in [6.45, 7) is 1.69. The number of likely N-dealkylation sites (tertiary alicyclic amines) is 1. The molecule has 2 fully saturated rings. The van der Waals surface area contributed by atoms with Crippen molar-refractivity contribution in [2.75, 3.05) is 19.6 Å². The van der Waals surface area contributed by atoms with Gasteiger partial charge in [0.25, 0.3) is 0 Å². The van der Waals surface area contributed by atoms with Crippen molar-refractivity contribution in [1.29, 1.82) is 0 Å². The minimum absolute atomic E-state index is 0.0289. The Morgan fingerprint density at radius 1 is 0.857 bits per heavy atom. The van der Waals surface area contributed by atoms with Crippen LogP contribution in [-0.2, 0) is 21.4 Å². The summed E-state index contributed by atoms with van der Waals surface area (Å²) < 4.78 is 33.9. The smallest absolute Gasteiger partial charge is 0.244 e. The van der Waals surface area contributed by atoms with E-state index < -0.39 is 15.4 Å². The Labute approximate surface area is 211 Å². The molecule has 1 amide bonds. The second kappa shape index (κ2) is 9.64. The number of para-hydroxylation sites is 1. The molecule has 1 atom stereocenters. The van der Waals surface area contributed by atoms with Crippen LogP contribution in [0.2, 0.25) is 5.02 Å². The third-order valence-electron chi connectivity index (χ3n) is 6.87. The number of halogens is 1. The van der Waals surface area contributed by atoms with Crippen molar-refractivity contribution in [2.45, 2.75) is 30.7 Å². The lowest BCUT2D eigenvalue weighted by molar-refractivity contribution is -0.138. The number of ether oxygens (including phenoxy) is 1. The predicted molar refractivity (Wildman–Crippen MR) is 135 cm³/mol. The van der Waals surface area contributed by atoms with E-state index in [1.807, 2.05) is 59.5 Å². The van der Waals surface area contributed by atoms with Gasteiger partial charge in [0.05, 0.1) is 10.4 Å². The molecule has 2 aliphatic heterocycles. The van der Waals surface area contributed by atoms with Crippen LogP contribution in [0, 0.1) is 5.41 Å². The zero-order chi connectivity index (χ0) is 24.5. The highest BCUT2D eigenvalue weighted by molar-refractivity contribution is 7.89. The molecule has 0 bridgehead atoms. The van der Waals surface area contributed by atoms with Crippen LogP contribution >= 0.6 is 11.6 Å². The molecule has 3 aromatic carbocycles. The first-order valence-corrected chi connectivity index (χ1v) is 13.6. The Morgan fingerprint density at radius 3 is 2.29 bits per heavy atom. The normalized spacial score (nSPS) is 20.9. The maximum absolute atomic E-state index is 13.5. The van der Waals surface area contributed by atoms with Gasteiger partial charge in [0, 0.05) is 26.2 Å². The van der Waals surface area contributed by atoms with Gasteiger partial charge in [0.2, 0.25) is 15.9 Å². The molecule has 0 N–H and O–H groups in total. The lowest BCUT2D eigenvalue weighted by Crippen LogP contribution is -2.49. The molecule has 1 spiro atoms. The van der Waals surface area contributed by atoms with Gasteiger partial charge >= 0.3 is 0 Å². The lowest BCUT2D eigenvalue weighted by Gasteiger charge is -2.38. The molecule has 0 radical (unpaired) electrons. The minimum Gasteiger partial charge on any atom is -0.457 e. The van der Waals surface area contributed by atoms with E-state index in [0.29, 0.717) is 38.9 Å². The van der Waals surface area contributed by atoms with Crippen molar-refractivity contribution in [3.8, 4) is 11.5 Å². The number of nitrogens with zero attached hydrogens (tertiary/aromatic N) is 2. The molecule has 5 rings (SSSR count). The van der Waals surface area contributed by atoms with Crippen LogP contribution in [0.3, 0.4) is 0 Å². The summed E-state index contributed by atoms with van der Waals surface area (Å²) in [5.74, 6) is 1.53. The molecule has 2 saturated heterocycles. The van der Waals surface area contributed by atoms with Crippen molar-refractivity contribution >= 4 is 27.5 Å². The first-order valence-electron chi connectivity index (χ1n) is 11.7. The molecule has 0 aliphatic carbocycles. The summed E-state index contributed by atoms with van der Waals surface area (Å²) in [6.07, 6.45) is 1.99. The van der Waals surface area contributed by atoms with Crippen LogP contribution in [-0.4, -0.2) is 43.2 Å². The van der Waals surface area contributed by atoms with E-state index in [9.17, 15) is 13.2 Å². The van der Waals surface area contributed by atoms with Crippen molar-refractivity contribution < 1.29 is 17.9 Å². The van der Waals surface area contributed by atoms with Gasteiger partial charge in [-0.15, -0.1) is 0 Å². The number of benzene rings is 3. The minimum atomic E-state index is -3.77. The topological polar surface area (TPSA) is 66.9 Å². The van der Waals surface area contributed by atoms with E-state index in [0.717, 1.165) is 17.1 Å². The van der Waals surface area contributed by atoms with Crippen molar-refractivity contribution in [3.05, 3.63) is 89.4 Å². The number of rotatable bonds is 6. The van der Waals surface area contributed by atoms with E-state index in [2.05, 4.69) is 0 Å². The van der Waals surface area contributed by atoms with E-state index in [1.54, 1.807) is 18.2 Å². The van der Waals surface area contributed by atoms with Crippen LogP contribution in [0.4, 0.5) is 0 Å². The number of hydrogen-bond acceptors (Lipinski definition) is 4. The van der Waals surface area contributed by atoms with E-state index in [-0.39, 0.29) is 22.4 Å². The SMILES string of the molecule is O=C1N(Cc2ccc(Oc3ccccc3)cc2)CCC12CCCN(S(=O)(=O)c1ccccc1Cl)C2. The second-order valence-electron chi connectivity index (χ2n) is 9.19. The maximum atomic E-state index is 13.5. The fraction of sp³-hybridized carbons (Fsp3) is 0.296. The van der Waals surface area contributed by atoms with Crippen molar-refractivity contribution in [2.24, 2.45) is 5.41 Å². The number of carbonyl (C=O) groups excluding carboxylic acids is 1. The highest BCUT2D eigenvalue weighted by atomic mass is 35.5. The Morgan fingerprint density at radius 2 is 1.54 bits per heavy atom. The Bertz CT molecular complexity index is 1310. The Kier molecular flexibility index (Phi) is 6.57. The monoisotopic (exact) mass is 510 g/mol. The first kappa shape index (κ1) is 23.9. The molecule has 3 aromatic rings. The van der Waals surface area contributed by atoms with Crippen LogP contribution < -0.4 is 4.74 Å². The molecule has 2 heterocycles. The predicted octanol–water partition coefficient (Wildman–Crippen LogP) is 5.34. The molecule has 8 heteroatoms. The molecule has 2 aliphatic rings. The van der Waals surface area contributed by atoms with Gasteiger partial charge in [0.15, 0.2) is 0 Å². The van der Waals surface area contributed by atoms with Crippen LogP contribution in [0.15, 0.2) is 83.8 Å². The van der Waals surface area contributed by atoms with Gasteiger partial charge in [-0.2, -0.15) is 4.31 Å². The lowest BCUT2D eigenvalue weighted by atomic mass is 9.79. The molecule has 0 aromatic heterocycles. The summed E-state index contributed by atoms with van der Waals surface area (Å²) in [7, 11) is -3.77. The molecule has 35 heavy (non-hydrogen) atoms. The van der Waals surface area contributed by atoms with Gasteiger partial charge in [-0.1, -0.05) is 54.1 Å². The highest BCUT2D eigenvalue weighted by Crippen LogP contribution is 2.42. The molecule has 0 saturated carbocycles. The summed E-state index contributed by atoms with van der Waals surface area (Å²) in [5, 5.41) is 0.200. The van der Waals surface area contributed by atoms with Gasteiger partial charge < -0.3 is 9.64 Å². The van der Waals surface area contributed by atoms with Crippen molar-refractivity contribution in [3.63, 3.8) is 0 Å². The van der Waals surface area contributed by atoms with Crippen LogP contribution in [0.1, 0.15) is 24.8 Å². The average molecular weight is 511 g/mol. The zero-order valence-corrected chi connectivity index (χ0v) is 20.8. The Hall–Kier alpha value is -2.87. The van der Waals surface area contributed by atoms with Crippen LogP contribution in [0.25, 0.3) is 0 Å². The summed E-state index contributed by atoms with van der Waals surface area (Å²) in [6, 6.07) is 23.8. The average Bonchev–Trinajstić information content (AvgIpc) is 3.15. The molecular weight excluding hydrogens is 484 g/mol. The Balaban J connectivity index is 1.27. The molecule has 1 unspecified atom stereocenters. The number of amides is 1. The number of piperidine rings is 1. The van der Waals surface area contributed by atoms with E-state index in [4.69, 9.17) is 16.3 Å². The first-order chi connectivity index (χ1) is 16.9. The number of sulfonamides is 1. The third-order valence-corrected chi connectivity index (χ3v) is 9.22. The van der Waals surface area contributed by atoms with Gasteiger partial charge in [0.1, 0.15) is 16.4 Å². The van der Waals surface area contributed by atoms with Gasteiger partial charge in [-0.3, -0.25) is 4.79 Å². The summed E-state index contributed by atoms with van der Waals surface area (Å²) in [5.41, 5.74) is 0.329. The van der Waals surface area contributed by atoms with E-state index >= 15 is 0 Å². The van der Waals surface area contributed by atoms with Gasteiger partial charge in [-0.25, -0.2) is 8.42 Å². The maximum Gasteiger partial charge on any atom is 0.244 e. The third kappa shape index (κ3) is 4.81. The summed E-state index contributed by atoms with van der Waals surface area (Å²) in [4.78, 5) is 15.5. The van der Waals surface area contributed by atoms with E-state index in [1.165, 1.54) is 10.4 Å². The number of hydrogen-bond donors (Lipinski definition) is 0. The largest absolute Gasteiger partial charge is 0.457 e. The van der Waals surface area contributed by atoms with Crippen molar-refractivity contribution in [1.82, 2.24) is 9.21 Å². The standard InChI is InChI=1S/C27H27ClN2O4S/c28-24-9-4-5-10-25(24)35(32,33)30-17-6-15-27(20-30)16-18-29(26(27)31)19-21-11-13-23(14-12-21)34-22-7-2-1-3-8-22/h1-5,7-14H,6,15-20H2. The van der Waals surface area contributed by atoms with Crippen LogP contribution in [0.5, 0.6) is 11.5 Å². The van der Waals surface area contributed by atoms with Gasteiger partial charge in [-0.05, 0) is 61.2 Å².